The maximum atomic E-state index is 13.1. The van der Waals surface area contributed by atoms with Crippen LogP contribution in [0.15, 0.2) is 35.1 Å². The average molecular weight is 393 g/mol. The van der Waals surface area contributed by atoms with Gasteiger partial charge in [0.05, 0.1) is 33.9 Å². The van der Waals surface area contributed by atoms with Gasteiger partial charge in [-0.05, 0) is 24.6 Å². The van der Waals surface area contributed by atoms with Gasteiger partial charge in [0.1, 0.15) is 6.61 Å². The SMILES string of the molecule is CCC1(O)C(=O)OCc2c1cc1n(c2=O)Cc2cc3cc([N+](=O)[O-])ccc3nc2-1. The van der Waals surface area contributed by atoms with Crippen LogP contribution in [0.4, 0.5) is 5.69 Å². The standard InChI is InChI=1S/C20H15N3O6/c1-2-20(26)14-7-16-17-11(8-22(16)18(24)13(14)9-29-19(20)25)5-10-6-12(23(27)28)3-4-15(10)21-17/h3-7,26H,2,8-9H2,1H3. The number of esters is 1. The van der Waals surface area contributed by atoms with E-state index >= 15 is 0 Å². The Morgan fingerprint density at radius 3 is 2.83 bits per heavy atom. The van der Waals surface area contributed by atoms with Crippen LogP contribution in [0.5, 0.6) is 0 Å². The van der Waals surface area contributed by atoms with Crippen molar-refractivity contribution in [2.24, 2.45) is 0 Å². The lowest BCUT2D eigenvalue weighted by Gasteiger charge is -2.31. The number of cyclic esters (lactones) is 1. The number of nitro benzene ring substituents is 1. The van der Waals surface area contributed by atoms with Gasteiger partial charge in [-0.15, -0.1) is 0 Å². The molecule has 1 aromatic carbocycles. The lowest BCUT2D eigenvalue weighted by Crippen LogP contribution is -2.44. The molecule has 0 saturated carbocycles. The first-order chi connectivity index (χ1) is 13.8. The van der Waals surface area contributed by atoms with Crippen molar-refractivity contribution in [3.8, 4) is 11.4 Å². The second-order valence-corrected chi connectivity index (χ2v) is 7.23. The number of aliphatic hydroxyl groups is 1. The van der Waals surface area contributed by atoms with Gasteiger partial charge in [0, 0.05) is 28.6 Å². The summed E-state index contributed by atoms with van der Waals surface area (Å²) in [6, 6.07) is 7.80. The summed E-state index contributed by atoms with van der Waals surface area (Å²) in [6.45, 7) is 1.71. The number of carbonyl (C=O) groups is 1. The average Bonchev–Trinajstić information content (AvgIpc) is 3.07. The molecular formula is C20H15N3O6. The molecule has 1 atom stereocenters. The number of fused-ring (bicyclic) bond motifs is 5. The van der Waals surface area contributed by atoms with Crippen molar-refractivity contribution in [2.75, 3.05) is 0 Å². The molecule has 4 heterocycles. The topological polar surface area (TPSA) is 125 Å². The Morgan fingerprint density at radius 2 is 2.10 bits per heavy atom. The van der Waals surface area contributed by atoms with Gasteiger partial charge in [-0.2, -0.15) is 0 Å². The second-order valence-electron chi connectivity index (χ2n) is 7.23. The van der Waals surface area contributed by atoms with E-state index in [1.54, 1.807) is 25.1 Å². The van der Waals surface area contributed by atoms with Gasteiger partial charge in [-0.3, -0.25) is 14.9 Å². The van der Waals surface area contributed by atoms with Gasteiger partial charge >= 0.3 is 5.97 Å². The Kier molecular flexibility index (Phi) is 3.45. The number of carbonyl (C=O) groups excluding carboxylic acids is 1. The molecule has 0 fully saturated rings. The molecule has 0 saturated heterocycles. The Labute approximate surface area is 163 Å². The minimum atomic E-state index is -1.87. The highest BCUT2D eigenvalue weighted by molar-refractivity contribution is 5.87. The summed E-state index contributed by atoms with van der Waals surface area (Å²) in [5, 5.41) is 22.5. The van der Waals surface area contributed by atoms with Gasteiger partial charge in [-0.25, -0.2) is 9.78 Å². The molecule has 0 bridgehead atoms. The zero-order chi connectivity index (χ0) is 20.5. The van der Waals surface area contributed by atoms with E-state index in [-0.39, 0.29) is 41.9 Å². The zero-order valence-electron chi connectivity index (χ0n) is 15.3. The van der Waals surface area contributed by atoms with Crippen LogP contribution in [0, 0.1) is 10.1 Å². The molecule has 5 rings (SSSR count). The summed E-state index contributed by atoms with van der Waals surface area (Å²) >= 11 is 0. The maximum absolute atomic E-state index is 13.1. The van der Waals surface area contributed by atoms with Crippen LogP contribution in [0.1, 0.15) is 30.0 Å². The van der Waals surface area contributed by atoms with Gasteiger partial charge < -0.3 is 14.4 Å². The second kappa shape index (κ2) is 5.71. The molecule has 3 aromatic rings. The number of pyridine rings is 2. The predicted octanol–water partition coefficient (Wildman–Crippen LogP) is 1.99. The van der Waals surface area contributed by atoms with Crippen LogP contribution in [0.3, 0.4) is 0 Å². The molecule has 146 valence electrons. The fraction of sp³-hybridized carbons (Fsp3) is 0.250. The van der Waals surface area contributed by atoms with E-state index < -0.39 is 16.5 Å². The van der Waals surface area contributed by atoms with Crippen LogP contribution in [-0.4, -0.2) is 25.6 Å². The number of aromatic nitrogens is 2. The Balaban J connectivity index is 1.75. The molecule has 1 N–H and O–H groups in total. The molecule has 29 heavy (non-hydrogen) atoms. The van der Waals surface area contributed by atoms with E-state index in [1.807, 2.05) is 0 Å². The summed E-state index contributed by atoms with van der Waals surface area (Å²) in [4.78, 5) is 40.4. The number of benzene rings is 1. The summed E-state index contributed by atoms with van der Waals surface area (Å²) in [6.07, 6.45) is 0.0728. The molecule has 0 amide bonds. The third-order valence-corrected chi connectivity index (χ3v) is 5.70. The fourth-order valence-corrected chi connectivity index (χ4v) is 4.09. The van der Waals surface area contributed by atoms with Crippen molar-refractivity contribution in [1.29, 1.82) is 0 Å². The van der Waals surface area contributed by atoms with Gasteiger partial charge in [0.25, 0.3) is 11.2 Å². The lowest BCUT2D eigenvalue weighted by atomic mass is 9.86. The van der Waals surface area contributed by atoms with Crippen molar-refractivity contribution >= 4 is 22.6 Å². The number of hydrogen-bond acceptors (Lipinski definition) is 7. The molecule has 2 aliphatic heterocycles. The molecule has 1 unspecified atom stereocenters. The van der Waals surface area contributed by atoms with Gasteiger partial charge in [0.2, 0.25) is 0 Å². The third kappa shape index (κ3) is 2.27. The molecule has 0 radical (unpaired) electrons. The van der Waals surface area contributed by atoms with E-state index in [0.29, 0.717) is 22.3 Å². The Bertz CT molecular complexity index is 1310. The Morgan fingerprint density at radius 1 is 1.31 bits per heavy atom. The normalized spacial score (nSPS) is 19.4. The highest BCUT2D eigenvalue weighted by Crippen LogP contribution is 2.38. The van der Waals surface area contributed by atoms with Gasteiger partial charge in [0.15, 0.2) is 5.60 Å². The number of non-ortho nitro benzene ring substituents is 1. The smallest absolute Gasteiger partial charge is 0.343 e. The summed E-state index contributed by atoms with van der Waals surface area (Å²) < 4.78 is 6.57. The summed E-state index contributed by atoms with van der Waals surface area (Å²) in [7, 11) is 0. The van der Waals surface area contributed by atoms with Crippen molar-refractivity contribution in [2.45, 2.75) is 32.1 Å². The van der Waals surface area contributed by atoms with Crippen LogP contribution < -0.4 is 5.56 Å². The van der Waals surface area contributed by atoms with Crippen LogP contribution in [0.25, 0.3) is 22.3 Å². The predicted molar refractivity (Wildman–Crippen MR) is 101 cm³/mol. The number of rotatable bonds is 2. The van der Waals surface area contributed by atoms with Crippen LogP contribution in [0.2, 0.25) is 0 Å². The van der Waals surface area contributed by atoms with Crippen LogP contribution in [-0.2, 0) is 28.3 Å². The maximum Gasteiger partial charge on any atom is 0.343 e. The number of ether oxygens (including phenoxy) is 1. The lowest BCUT2D eigenvalue weighted by molar-refractivity contribution is -0.384. The highest BCUT2D eigenvalue weighted by atomic mass is 16.6. The number of nitrogens with zero attached hydrogens (tertiary/aromatic N) is 3. The quantitative estimate of drug-likeness (QED) is 0.314. The van der Waals surface area contributed by atoms with Crippen molar-refractivity contribution in [3.05, 3.63) is 67.5 Å². The van der Waals surface area contributed by atoms with E-state index in [2.05, 4.69) is 4.98 Å². The molecule has 0 spiro atoms. The molecule has 9 heteroatoms. The summed E-state index contributed by atoms with van der Waals surface area (Å²) in [5.41, 5.74) is 0.618. The largest absolute Gasteiger partial charge is 0.458 e. The van der Waals surface area contributed by atoms with Crippen LogP contribution >= 0.6 is 0 Å². The zero-order valence-corrected chi connectivity index (χ0v) is 15.3. The van der Waals surface area contributed by atoms with E-state index in [1.165, 1.54) is 16.7 Å². The van der Waals surface area contributed by atoms with E-state index in [0.717, 1.165) is 5.56 Å². The minimum Gasteiger partial charge on any atom is -0.458 e. The molecule has 2 aliphatic rings. The van der Waals surface area contributed by atoms with Crippen molar-refractivity contribution in [3.63, 3.8) is 0 Å². The molecular weight excluding hydrogens is 378 g/mol. The van der Waals surface area contributed by atoms with E-state index in [9.17, 15) is 24.8 Å². The summed E-state index contributed by atoms with van der Waals surface area (Å²) in [5.74, 6) is -0.770. The number of nitro groups is 1. The molecule has 2 aromatic heterocycles. The van der Waals surface area contributed by atoms with Crippen molar-refractivity contribution in [1.82, 2.24) is 9.55 Å². The number of hydrogen-bond donors (Lipinski definition) is 1. The molecule has 9 nitrogen and oxygen atoms in total. The minimum absolute atomic E-state index is 0.0361. The van der Waals surface area contributed by atoms with E-state index in [4.69, 9.17) is 4.74 Å². The monoisotopic (exact) mass is 393 g/mol. The highest BCUT2D eigenvalue weighted by Gasteiger charge is 2.45. The first-order valence-electron chi connectivity index (χ1n) is 9.08. The molecule has 0 aliphatic carbocycles. The van der Waals surface area contributed by atoms with Gasteiger partial charge in [-0.1, -0.05) is 6.92 Å². The first-order valence-corrected chi connectivity index (χ1v) is 9.08. The first kappa shape index (κ1) is 17.5. The fourth-order valence-electron chi connectivity index (χ4n) is 4.09. The Hall–Kier alpha value is -3.59. The van der Waals surface area contributed by atoms with Crippen molar-refractivity contribution < 1.29 is 19.6 Å². The third-order valence-electron chi connectivity index (χ3n) is 5.70.